The number of aromatic amines is 1. The molecule has 2 heterocycles. The fourth-order valence-electron chi connectivity index (χ4n) is 4.61. The van der Waals surface area contributed by atoms with E-state index < -0.39 is 9.84 Å². The molecule has 1 aliphatic heterocycles. The molecule has 1 unspecified atom stereocenters. The molecule has 1 aromatic heterocycles. The van der Waals surface area contributed by atoms with Crippen molar-refractivity contribution in [1.82, 2.24) is 4.98 Å². The van der Waals surface area contributed by atoms with Gasteiger partial charge >= 0.3 is 0 Å². The van der Waals surface area contributed by atoms with E-state index in [1.165, 1.54) is 12.3 Å². The van der Waals surface area contributed by atoms with E-state index in [2.05, 4.69) is 11.9 Å². The molecule has 5 rings (SSSR count). The second-order valence-corrected chi connectivity index (χ2v) is 9.69. The molecule has 4 nitrogen and oxygen atoms in total. The summed E-state index contributed by atoms with van der Waals surface area (Å²) in [7, 11) is -3.16. The summed E-state index contributed by atoms with van der Waals surface area (Å²) in [6.07, 6.45) is 4.00. The summed E-state index contributed by atoms with van der Waals surface area (Å²) in [6, 6.07) is 6.75. The standard InChI is InChI=1S/C20H18FNO3S/c1-20-5-6-25-16-8-12(21)7-14(18(16)20)13-4-3-11(10-26(2,23)24)19-17(13)15(20)9-22-19/h3-4,7-9,22H,5-6,10H2,1-2H3. The summed E-state index contributed by atoms with van der Waals surface area (Å²) in [4.78, 5) is 3.29. The van der Waals surface area contributed by atoms with Crippen LogP contribution in [-0.4, -0.2) is 26.3 Å². The summed E-state index contributed by atoms with van der Waals surface area (Å²) in [5, 5.41) is 1.000. The first-order chi connectivity index (χ1) is 12.3. The van der Waals surface area contributed by atoms with Gasteiger partial charge in [-0.15, -0.1) is 0 Å². The van der Waals surface area contributed by atoms with Gasteiger partial charge in [-0.2, -0.15) is 0 Å². The van der Waals surface area contributed by atoms with Gasteiger partial charge < -0.3 is 9.72 Å². The van der Waals surface area contributed by atoms with Gasteiger partial charge in [0.25, 0.3) is 0 Å². The predicted molar refractivity (Wildman–Crippen MR) is 98.8 cm³/mol. The van der Waals surface area contributed by atoms with Crippen molar-refractivity contribution in [2.75, 3.05) is 12.9 Å². The number of sulfone groups is 1. The number of halogens is 1. The molecule has 0 saturated heterocycles. The number of rotatable bonds is 2. The van der Waals surface area contributed by atoms with Crippen LogP contribution < -0.4 is 4.74 Å². The van der Waals surface area contributed by atoms with Crippen molar-refractivity contribution in [2.24, 2.45) is 0 Å². The lowest BCUT2D eigenvalue weighted by Gasteiger charge is -2.40. The molecule has 0 radical (unpaired) electrons. The molecule has 1 N–H and O–H groups in total. The number of hydrogen-bond acceptors (Lipinski definition) is 3. The Kier molecular flexibility index (Phi) is 2.98. The number of fused-ring (bicyclic) bond motifs is 2. The zero-order chi connectivity index (χ0) is 18.3. The average molecular weight is 371 g/mol. The van der Waals surface area contributed by atoms with Crippen LogP contribution in [0.2, 0.25) is 0 Å². The highest BCUT2D eigenvalue weighted by Gasteiger charge is 2.43. The Morgan fingerprint density at radius 2 is 2.08 bits per heavy atom. The molecule has 0 bridgehead atoms. The summed E-state index contributed by atoms with van der Waals surface area (Å²) < 4.78 is 43.6. The Hall–Kier alpha value is -2.34. The molecule has 2 aromatic carbocycles. The van der Waals surface area contributed by atoms with E-state index in [1.54, 1.807) is 6.07 Å². The zero-order valence-corrected chi connectivity index (χ0v) is 15.3. The van der Waals surface area contributed by atoms with Gasteiger partial charge in [0, 0.05) is 34.9 Å². The van der Waals surface area contributed by atoms with Crippen LogP contribution in [0.4, 0.5) is 4.39 Å². The highest BCUT2D eigenvalue weighted by Crippen LogP contribution is 2.55. The van der Waals surface area contributed by atoms with Crippen molar-refractivity contribution < 1.29 is 17.5 Å². The molecule has 2 aliphatic rings. The van der Waals surface area contributed by atoms with Crippen LogP contribution in [0, 0.1) is 5.82 Å². The van der Waals surface area contributed by atoms with Gasteiger partial charge in [0.2, 0.25) is 0 Å². The normalized spacial score (nSPS) is 20.7. The SMILES string of the molecule is CC12CCOc3cc(F)cc(c31)-c1ccc(CS(C)(=O)=O)c3[nH]cc2c13. The number of benzene rings is 2. The third-order valence-corrected chi connectivity index (χ3v) is 6.54. The first kappa shape index (κ1) is 15.9. The van der Waals surface area contributed by atoms with Gasteiger partial charge in [-0.1, -0.05) is 19.1 Å². The maximum Gasteiger partial charge on any atom is 0.151 e. The molecule has 0 fully saturated rings. The number of aromatic nitrogens is 1. The van der Waals surface area contributed by atoms with Crippen molar-refractivity contribution in [2.45, 2.75) is 24.5 Å². The minimum atomic E-state index is -3.16. The third kappa shape index (κ3) is 2.02. The van der Waals surface area contributed by atoms with E-state index in [0.29, 0.717) is 12.4 Å². The van der Waals surface area contributed by atoms with Crippen LogP contribution in [0.25, 0.3) is 22.0 Å². The van der Waals surface area contributed by atoms with Crippen molar-refractivity contribution in [3.63, 3.8) is 0 Å². The van der Waals surface area contributed by atoms with Crippen molar-refractivity contribution in [1.29, 1.82) is 0 Å². The zero-order valence-electron chi connectivity index (χ0n) is 14.5. The highest BCUT2D eigenvalue weighted by molar-refractivity contribution is 7.89. The maximum atomic E-state index is 14.2. The lowest BCUT2D eigenvalue weighted by Crippen LogP contribution is -2.33. The number of ether oxygens (including phenoxy) is 1. The summed E-state index contributed by atoms with van der Waals surface area (Å²) in [5.74, 6) is 0.259. The van der Waals surface area contributed by atoms with Crippen LogP contribution in [0.5, 0.6) is 5.75 Å². The molecule has 6 heteroatoms. The first-order valence-corrected chi connectivity index (χ1v) is 10.6. The lowest BCUT2D eigenvalue weighted by atomic mass is 9.66. The molecule has 26 heavy (non-hydrogen) atoms. The maximum absolute atomic E-state index is 14.2. The van der Waals surface area contributed by atoms with Gasteiger partial charge in [-0.05, 0) is 34.7 Å². The van der Waals surface area contributed by atoms with Crippen LogP contribution in [0.3, 0.4) is 0 Å². The van der Waals surface area contributed by atoms with Gasteiger partial charge in [0.05, 0.1) is 17.9 Å². The summed E-state index contributed by atoms with van der Waals surface area (Å²) in [6.45, 7) is 2.68. The van der Waals surface area contributed by atoms with Gasteiger partial charge in [-0.3, -0.25) is 0 Å². The number of nitrogens with one attached hydrogen (secondary N) is 1. The predicted octanol–water partition coefficient (Wildman–Crippen LogP) is 3.92. The Bertz CT molecular complexity index is 1200. The van der Waals surface area contributed by atoms with Gasteiger partial charge in [-0.25, -0.2) is 12.8 Å². The minimum absolute atomic E-state index is 0.0230. The topological polar surface area (TPSA) is 59.2 Å². The largest absolute Gasteiger partial charge is 0.493 e. The fraction of sp³-hybridized carbons (Fsp3) is 0.300. The van der Waals surface area contributed by atoms with Gasteiger partial charge in [0.1, 0.15) is 11.6 Å². The molecule has 1 atom stereocenters. The van der Waals surface area contributed by atoms with Crippen molar-refractivity contribution in [3.05, 3.63) is 53.0 Å². The molecule has 1 aliphatic carbocycles. The average Bonchev–Trinajstić information content (AvgIpc) is 2.99. The second kappa shape index (κ2) is 4.88. The first-order valence-electron chi connectivity index (χ1n) is 8.56. The molecular formula is C20H18FNO3S. The number of hydrogen-bond donors (Lipinski definition) is 1. The van der Waals surface area contributed by atoms with E-state index in [1.807, 2.05) is 18.3 Å². The van der Waals surface area contributed by atoms with Gasteiger partial charge in [0.15, 0.2) is 9.84 Å². The Morgan fingerprint density at radius 3 is 2.85 bits per heavy atom. The third-order valence-electron chi connectivity index (χ3n) is 5.70. The molecule has 0 saturated carbocycles. The van der Waals surface area contributed by atoms with E-state index in [9.17, 15) is 12.8 Å². The van der Waals surface area contributed by atoms with Crippen molar-refractivity contribution in [3.8, 4) is 16.9 Å². The molecule has 0 amide bonds. The highest BCUT2D eigenvalue weighted by atomic mass is 32.2. The van der Waals surface area contributed by atoms with Crippen molar-refractivity contribution >= 4 is 20.7 Å². The van der Waals surface area contributed by atoms with Crippen LogP contribution in [0.15, 0.2) is 30.5 Å². The van der Waals surface area contributed by atoms with Crippen LogP contribution >= 0.6 is 0 Å². The van der Waals surface area contributed by atoms with E-state index in [-0.39, 0.29) is 17.0 Å². The van der Waals surface area contributed by atoms with E-state index in [4.69, 9.17) is 4.74 Å². The summed E-state index contributed by atoms with van der Waals surface area (Å²) >= 11 is 0. The minimum Gasteiger partial charge on any atom is -0.493 e. The van der Waals surface area contributed by atoms with E-state index in [0.717, 1.165) is 45.1 Å². The molecule has 0 spiro atoms. The second-order valence-electron chi connectivity index (χ2n) is 7.55. The Morgan fingerprint density at radius 1 is 1.27 bits per heavy atom. The molecular weight excluding hydrogens is 353 g/mol. The lowest BCUT2D eigenvalue weighted by molar-refractivity contribution is 0.243. The molecule has 3 aromatic rings. The Balaban J connectivity index is 1.90. The van der Waals surface area contributed by atoms with Crippen LogP contribution in [-0.2, 0) is 21.0 Å². The van der Waals surface area contributed by atoms with E-state index >= 15 is 0 Å². The molecule has 134 valence electrons. The monoisotopic (exact) mass is 371 g/mol. The smallest absolute Gasteiger partial charge is 0.151 e. The fourth-order valence-corrected chi connectivity index (χ4v) is 5.41. The number of H-pyrrole nitrogens is 1. The Labute approximate surface area is 150 Å². The summed E-state index contributed by atoms with van der Waals surface area (Å²) in [5.41, 5.74) is 5.19. The quantitative estimate of drug-likeness (QED) is 0.743. The van der Waals surface area contributed by atoms with Crippen LogP contribution in [0.1, 0.15) is 30.0 Å².